The zero-order chi connectivity index (χ0) is 18.4. The Labute approximate surface area is 147 Å². The maximum atomic E-state index is 12.0. The summed E-state index contributed by atoms with van der Waals surface area (Å²) >= 11 is 6.41. The molecule has 0 saturated heterocycles. The summed E-state index contributed by atoms with van der Waals surface area (Å²) in [7, 11) is 0. The van der Waals surface area contributed by atoms with Crippen LogP contribution < -0.4 is 4.42 Å². The maximum absolute atomic E-state index is 12.0. The molecule has 0 fully saturated rings. The number of rotatable bonds is 1. The Balaban J connectivity index is 3.94. The van der Waals surface area contributed by atoms with E-state index in [-0.39, 0.29) is 22.2 Å². The first-order valence-electron chi connectivity index (χ1n) is 8.23. The average molecular weight is 338 g/mol. The van der Waals surface area contributed by atoms with Crippen molar-refractivity contribution in [2.45, 2.75) is 85.5 Å². The third-order valence-electron chi connectivity index (χ3n) is 4.06. The maximum Gasteiger partial charge on any atom is 0.238 e. The van der Waals surface area contributed by atoms with E-state index in [4.69, 9.17) is 11.8 Å². The zero-order valence-electron chi connectivity index (χ0n) is 16.4. The summed E-state index contributed by atoms with van der Waals surface area (Å²) in [6, 6.07) is 4.42. The molecule has 0 atom stereocenters. The molecule has 0 bridgehead atoms. The van der Waals surface area contributed by atoms with Gasteiger partial charge in [0.2, 0.25) is 5.91 Å². The van der Waals surface area contributed by atoms with Crippen molar-refractivity contribution in [3.63, 3.8) is 0 Å². The second kappa shape index (κ2) is 6.12. The molecule has 0 aliphatic heterocycles. The van der Waals surface area contributed by atoms with Crippen molar-refractivity contribution in [2.24, 2.45) is 0 Å². The van der Waals surface area contributed by atoms with Crippen LogP contribution in [0.15, 0.2) is 12.1 Å². The lowest BCUT2D eigenvalue weighted by molar-refractivity contribution is -0.115. The SMILES string of the molecule is CC(=O)N(Cl)c1c(C(C)(C)C)cc(C(C)(C)C)cc1C(C)(C)C. The first-order valence-corrected chi connectivity index (χ1v) is 8.56. The molecule has 23 heavy (non-hydrogen) atoms. The van der Waals surface area contributed by atoms with Crippen molar-refractivity contribution in [1.29, 1.82) is 0 Å². The minimum absolute atomic E-state index is 0.0336. The van der Waals surface area contributed by atoms with Crippen LogP contribution in [-0.4, -0.2) is 5.91 Å². The fourth-order valence-corrected chi connectivity index (χ4v) is 2.76. The Kier molecular flexibility index (Phi) is 5.33. The topological polar surface area (TPSA) is 20.3 Å². The molecular weight excluding hydrogens is 306 g/mol. The number of carbonyl (C=O) groups excluding carboxylic acids is 1. The molecule has 0 saturated carbocycles. The summed E-state index contributed by atoms with van der Waals surface area (Å²) in [5.41, 5.74) is 4.14. The Hall–Kier alpha value is -1.02. The van der Waals surface area contributed by atoms with Crippen molar-refractivity contribution in [3.8, 4) is 0 Å². The lowest BCUT2D eigenvalue weighted by Crippen LogP contribution is -2.28. The van der Waals surface area contributed by atoms with Gasteiger partial charge in [0.05, 0.1) is 5.69 Å². The Morgan fingerprint density at radius 1 is 0.826 bits per heavy atom. The first-order chi connectivity index (χ1) is 10.1. The van der Waals surface area contributed by atoms with E-state index in [1.54, 1.807) is 0 Å². The van der Waals surface area contributed by atoms with Gasteiger partial charge in [0, 0.05) is 18.7 Å². The predicted octanol–water partition coefficient (Wildman–Crippen LogP) is 6.09. The Morgan fingerprint density at radius 2 is 1.17 bits per heavy atom. The number of hydrogen-bond acceptors (Lipinski definition) is 1. The smallest absolute Gasteiger partial charge is 0.238 e. The van der Waals surface area contributed by atoms with Gasteiger partial charge in [0.15, 0.2) is 0 Å². The lowest BCUT2D eigenvalue weighted by Gasteiger charge is -2.35. The molecule has 130 valence electrons. The molecule has 1 rings (SSSR count). The number of benzene rings is 1. The second-order valence-electron chi connectivity index (χ2n) is 9.47. The summed E-state index contributed by atoms with van der Waals surface area (Å²) in [5.74, 6) is -0.161. The van der Waals surface area contributed by atoms with E-state index in [1.807, 2.05) is 0 Å². The van der Waals surface area contributed by atoms with Gasteiger partial charge >= 0.3 is 0 Å². The monoisotopic (exact) mass is 337 g/mol. The van der Waals surface area contributed by atoms with Crippen LogP contribution in [0.5, 0.6) is 0 Å². The summed E-state index contributed by atoms with van der Waals surface area (Å²) < 4.78 is 1.29. The van der Waals surface area contributed by atoms with Crippen molar-refractivity contribution in [1.82, 2.24) is 0 Å². The van der Waals surface area contributed by atoms with Gasteiger partial charge < -0.3 is 0 Å². The molecule has 0 unspecified atom stereocenters. The van der Waals surface area contributed by atoms with Crippen molar-refractivity contribution in [3.05, 3.63) is 28.8 Å². The van der Waals surface area contributed by atoms with Crippen molar-refractivity contribution < 1.29 is 4.79 Å². The molecule has 1 aromatic carbocycles. The van der Waals surface area contributed by atoms with Gasteiger partial charge in [-0.1, -0.05) is 74.4 Å². The van der Waals surface area contributed by atoms with Gasteiger partial charge in [0.1, 0.15) is 0 Å². The van der Waals surface area contributed by atoms with E-state index in [1.165, 1.54) is 16.9 Å². The molecule has 3 heteroatoms. The highest BCUT2D eigenvalue weighted by Crippen LogP contribution is 2.43. The number of hydrogen-bond donors (Lipinski definition) is 0. The molecule has 0 radical (unpaired) electrons. The highest BCUT2D eigenvalue weighted by Gasteiger charge is 2.32. The zero-order valence-corrected chi connectivity index (χ0v) is 17.1. The van der Waals surface area contributed by atoms with Crippen molar-refractivity contribution in [2.75, 3.05) is 4.42 Å². The molecule has 0 N–H and O–H groups in total. The highest BCUT2D eigenvalue weighted by atomic mass is 35.5. The van der Waals surface area contributed by atoms with Gasteiger partial charge in [-0.25, -0.2) is 4.42 Å². The van der Waals surface area contributed by atoms with Gasteiger partial charge in [-0.3, -0.25) is 4.79 Å². The van der Waals surface area contributed by atoms with E-state index in [0.717, 1.165) is 16.8 Å². The van der Waals surface area contributed by atoms with Crippen LogP contribution in [0.1, 0.15) is 85.9 Å². The summed E-state index contributed by atoms with van der Waals surface area (Å²) in [6.07, 6.45) is 0. The van der Waals surface area contributed by atoms with Gasteiger partial charge in [-0.05, 0) is 32.9 Å². The normalized spacial score (nSPS) is 13.2. The first kappa shape index (κ1) is 20.0. The molecule has 0 spiro atoms. The van der Waals surface area contributed by atoms with E-state index in [0.29, 0.717) is 0 Å². The van der Waals surface area contributed by atoms with Gasteiger partial charge in [-0.15, -0.1) is 0 Å². The number of amides is 1. The number of carbonyl (C=O) groups is 1. The van der Waals surface area contributed by atoms with Gasteiger partial charge in [0.25, 0.3) is 0 Å². The van der Waals surface area contributed by atoms with Crippen LogP contribution in [-0.2, 0) is 21.0 Å². The van der Waals surface area contributed by atoms with E-state index < -0.39 is 0 Å². The minimum atomic E-state index is -0.161. The number of anilines is 1. The van der Waals surface area contributed by atoms with Crippen LogP contribution in [0.3, 0.4) is 0 Å². The van der Waals surface area contributed by atoms with E-state index in [2.05, 4.69) is 74.4 Å². The Bertz CT molecular complexity index is 563. The average Bonchev–Trinajstić information content (AvgIpc) is 2.32. The molecule has 0 aliphatic carbocycles. The van der Waals surface area contributed by atoms with Crippen LogP contribution in [0.2, 0.25) is 0 Å². The minimum Gasteiger partial charge on any atom is -0.274 e. The molecular formula is C20H32ClNO. The van der Waals surface area contributed by atoms with Crippen LogP contribution in [0, 0.1) is 0 Å². The molecule has 2 nitrogen and oxygen atoms in total. The summed E-state index contributed by atoms with van der Waals surface area (Å²) in [5, 5.41) is 0. The molecule has 0 aromatic heterocycles. The standard InChI is InChI=1S/C20H32ClNO/c1-13(23)22(21)17-15(19(5,6)7)11-14(18(2,3)4)12-16(17)20(8,9)10/h11-12H,1-10H3. The largest absolute Gasteiger partial charge is 0.274 e. The third-order valence-corrected chi connectivity index (χ3v) is 4.47. The molecule has 1 amide bonds. The number of halogens is 1. The van der Waals surface area contributed by atoms with Gasteiger partial charge in [-0.2, -0.15) is 0 Å². The van der Waals surface area contributed by atoms with Crippen LogP contribution >= 0.6 is 11.8 Å². The van der Waals surface area contributed by atoms with Crippen LogP contribution in [0.25, 0.3) is 0 Å². The summed E-state index contributed by atoms with van der Waals surface area (Å²) in [4.78, 5) is 12.0. The molecule has 0 aliphatic rings. The third kappa shape index (κ3) is 4.50. The van der Waals surface area contributed by atoms with E-state index in [9.17, 15) is 4.79 Å². The van der Waals surface area contributed by atoms with Crippen LogP contribution in [0.4, 0.5) is 5.69 Å². The highest BCUT2D eigenvalue weighted by molar-refractivity contribution is 6.36. The molecule has 1 aromatic rings. The fourth-order valence-electron chi connectivity index (χ4n) is 2.58. The number of nitrogens with zero attached hydrogens (tertiary/aromatic N) is 1. The lowest BCUT2D eigenvalue weighted by atomic mass is 9.74. The second-order valence-corrected chi connectivity index (χ2v) is 9.81. The Morgan fingerprint density at radius 3 is 1.39 bits per heavy atom. The van der Waals surface area contributed by atoms with E-state index >= 15 is 0 Å². The van der Waals surface area contributed by atoms with Crippen molar-refractivity contribution >= 4 is 23.4 Å². The summed E-state index contributed by atoms with van der Waals surface area (Å²) in [6.45, 7) is 21.1. The predicted molar refractivity (Wildman–Crippen MR) is 102 cm³/mol. The quantitative estimate of drug-likeness (QED) is 0.568. The molecule has 0 heterocycles. The fraction of sp³-hybridized carbons (Fsp3) is 0.650.